The summed E-state index contributed by atoms with van der Waals surface area (Å²) in [6.07, 6.45) is 7.82. The van der Waals surface area contributed by atoms with Gasteiger partial charge in [0.1, 0.15) is 11.4 Å². The van der Waals surface area contributed by atoms with Gasteiger partial charge in [0, 0.05) is 12.3 Å². The van der Waals surface area contributed by atoms with Gasteiger partial charge in [0.2, 0.25) is 0 Å². The predicted molar refractivity (Wildman–Crippen MR) is 94.9 cm³/mol. The van der Waals surface area contributed by atoms with Gasteiger partial charge in [-0.05, 0) is 63.5 Å². The number of benzene rings is 1. The van der Waals surface area contributed by atoms with Gasteiger partial charge < -0.3 is 9.64 Å². The van der Waals surface area contributed by atoms with Gasteiger partial charge in [-0.2, -0.15) is 9.78 Å². The molecule has 0 saturated carbocycles. The van der Waals surface area contributed by atoms with Crippen molar-refractivity contribution in [2.75, 3.05) is 26.2 Å². The first kappa shape index (κ1) is 16.7. The molecule has 24 heavy (non-hydrogen) atoms. The van der Waals surface area contributed by atoms with Gasteiger partial charge in [0.15, 0.2) is 0 Å². The van der Waals surface area contributed by atoms with Gasteiger partial charge >= 0.3 is 0 Å². The van der Waals surface area contributed by atoms with Gasteiger partial charge in [-0.3, -0.25) is 4.79 Å². The highest BCUT2D eigenvalue weighted by atomic mass is 16.5. The Morgan fingerprint density at radius 1 is 1.00 bits per heavy atom. The number of nitrogens with zero attached hydrogens (tertiary/aromatic N) is 3. The van der Waals surface area contributed by atoms with E-state index in [2.05, 4.69) is 10.00 Å². The number of piperidine rings is 1. The van der Waals surface area contributed by atoms with E-state index in [-0.39, 0.29) is 5.56 Å². The lowest BCUT2D eigenvalue weighted by Gasteiger charge is -2.26. The smallest absolute Gasteiger partial charge is 0.271 e. The molecule has 1 aromatic carbocycles. The molecule has 2 aromatic rings. The lowest BCUT2D eigenvalue weighted by Crippen LogP contribution is -2.30. The summed E-state index contributed by atoms with van der Waals surface area (Å²) in [5.41, 5.74) is 0.540. The van der Waals surface area contributed by atoms with E-state index < -0.39 is 0 Å². The van der Waals surface area contributed by atoms with Crippen LogP contribution >= 0.6 is 0 Å². The third-order valence-electron chi connectivity index (χ3n) is 4.38. The Bertz CT molecular complexity index is 693. The summed E-state index contributed by atoms with van der Waals surface area (Å²) in [5, 5.41) is 4.13. The summed E-state index contributed by atoms with van der Waals surface area (Å²) in [6.45, 7) is 4.30. The molecule has 1 saturated heterocycles. The molecule has 5 nitrogen and oxygen atoms in total. The maximum absolute atomic E-state index is 12.0. The zero-order valence-electron chi connectivity index (χ0n) is 14.1. The Kier molecular flexibility index (Phi) is 6.01. The van der Waals surface area contributed by atoms with Gasteiger partial charge in [0.05, 0.1) is 6.61 Å². The Labute approximate surface area is 142 Å². The van der Waals surface area contributed by atoms with Crippen LogP contribution < -0.4 is 10.3 Å². The van der Waals surface area contributed by atoms with Crippen LogP contribution in [0.1, 0.15) is 32.1 Å². The van der Waals surface area contributed by atoms with Crippen LogP contribution in [0.3, 0.4) is 0 Å². The Balaban J connectivity index is 1.52. The minimum absolute atomic E-state index is 0.154. The Morgan fingerprint density at radius 2 is 1.83 bits per heavy atom. The van der Waals surface area contributed by atoms with Crippen LogP contribution in [0.4, 0.5) is 0 Å². The second-order valence-electron chi connectivity index (χ2n) is 6.20. The van der Waals surface area contributed by atoms with E-state index in [4.69, 9.17) is 4.74 Å². The van der Waals surface area contributed by atoms with Gasteiger partial charge in [-0.25, -0.2) is 0 Å². The molecule has 0 aliphatic carbocycles. The molecule has 1 aliphatic rings. The van der Waals surface area contributed by atoms with Crippen molar-refractivity contribution in [2.24, 2.45) is 0 Å². The highest BCUT2D eigenvalue weighted by Gasteiger charge is 2.10. The molecule has 0 radical (unpaired) electrons. The first-order chi connectivity index (χ1) is 11.8. The van der Waals surface area contributed by atoms with E-state index in [1.807, 2.05) is 24.3 Å². The molecule has 1 aliphatic heterocycles. The van der Waals surface area contributed by atoms with Gasteiger partial charge in [-0.1, -0.05) is 18.6 Å². The fourth-order valence-electron chi connectivity index (χ4n) is 3.10. The number of rotatable bonds is 7. The normalized spacial score (nSPS) is 15.3. The molecule has 0 spiro atoms. The number of hydrogen-bond donors (Lipinski definition) is 0. The van der Waals surface area contributed by atoms with E-state index in [0.29, 0.717) is 18.0 Å². The monoisotopic (exact) mass is 327 g/mol. The first-order valence-corrected chi connectivity index (χ1v) is 8.83. The lowest BCUT2D eigenvalue weighted by atomic mass is 10.1. The molecule has 2 heterocycles. The minimum atomic E-state index is -0.154. The number of hydrogen-bond acceptors (Lipinski definition) is 4. The van der Waals surface area contributed by atoms with Crippen molar-refractivity contribution in [2.45, 2.75) is 32.1 Å². The summed E-state index contributed by atoms with van der Waals surface area (Å²) in [7, 11) is 0. The molecular formula is C19H25N3O2. The van der Waals surface area contributed by atoms with Crippen molar-refractivity contribution >= 4 is 0 Å². The molecule has 0 N–H and O–H groups in total. The standard InChI is InChI=1S/C19H25N3O2/c23-19-11-8-12-20-22(19)17-9-2-3-10-18(17)24-16-7-6-15-21-13-4-1-5-14-21/h2-3,8-12H,1,4-7,13-16H2. The quantitative estimate of drug-likeness (QED) is 0.734. The van der Waals surface area contributed by atoms with Crippen molar-refractivity contribution in [3.8, 4) is 11.4 Å². The Morgan fingerprint density at radius 3 is 2.67 bits per heavy atom. The van der Waals surface area contributed by atoms with Crippen molar-refractivity contribution in [3.05, 3.63) is 52.9 Å². The van der Waals surface area contributed by atoms with Crippen LogP contribution in [0.25, 0.3) is 5.69 Å². The fraction of sp³-hybridized carbons (Fsp3) is 0.474. The number of likely N-dealkylation sites (tertiary alicyclic amines) is 1. The highest BCUT2D eigenvalue weighted by Crippen LogP contribution is 2.20. The average molecular weight is 327 g/mol. The largest absolute Gasteiger partial charge is 0.491 e. The van der Waals surface area contributed by atoms with Gasteiger partial charge in [-0.15, -0.1) is 0 Å². The number of aromatic nitrogens is 2. The van der Waals surface area contributed by atoms with Crippen LogP contribution in [0.5, 0.6) is 5.75 Å². The van der Waals surface area contributed by atoms with Crippen molar-refractivity contribution in [1.29, 1.82) is 0 Å². The van der Waals surface area contributed by atoms with Crippen LogP contribution in [-0.4, -0.2) is 40.9 Å². The van der Waals surface area contributed by atoms with E-state index in [9.17, 15) is 4.79 Å². The third kappa shape index (κ3) is 4.45. The second kappa shape index (κ2) is 8.64. The number of unbranched alkanes of at least 4 members (excludes halogenated alkanes) is 1. The molecule has 0 atom stereocenters. The predicted octanol–water partition coefficient (Wildman–Crippen LogP) is 2.88. The summed E-state index contributed by atoms with van der Waals surface area (Å²) in [5.74, 6) is 0.705. The van der Waals surface area contributed by atoms with E-state index >= 15 is 0 Å². The van der Waals surface area contributed by atoms with Crippen molar-refractivity contribution in [3.63, 3.8) is 0 Å². The zero-order valence-corrected chi connectivity index (χ0v) is 14.1. The minimum Gasteiger partial charge on any atom is -0.491 e. The van der Waals surface area contributed by atoms with Crippen molar-refractivity contribution in [1.82, 2.24) is 14.7 Å². The maximum Gasteiger partial charge on any atom is 0.271 e. The molecule has 128 valence electrons. The molecule has 0 bridgehead atoms. The summed E-state index contributed by atoms with van der Waals surface area (Å²) < 4.78 is 7.30. The van der Waals surface area contributed by atoms with Crippen molar-refractivity contribution < 1.29 is 4.74 Å². The summed E-state index contributed by atoms with van der Waals surface area (Å²) in [6, 6.07) is 10.7. The average Bonchev–Trinajstić information content (AvgIpc) is 2.63. The lowest BCUT2D eigenvalue weighted by molar-refractivity contribution is 0.216. The number of ether oxygens (including phenoxy) is 1. The highest BCUT2D eigenvalue weighted by molar-refractivity contribution is 5.45. The fourth-order valence-corrected chi connectivity index (χ4v) is 3.10. The molecule has 1 aromatic heterocycles. The molecule has 0 amide bonds. The van der Waals surface area contributed by atoms with E-state index in [0.717, 1.165) is 19.4 Å². The molecule has 3 rings (SSSR count). The summed E-state index contributed by atoms with van der Waals surface area (Å²) in [4.78, 5) is 14.5. The zero-order chi connectivity index (χ0) is 16.6. The van der Waals surface area contributed by atoms with Crippen LogP contribution in [0.2, 0.25) is 0 Å². The SMILES string of the molecule is O=c1cccnn1-c1ccccc1OCCCCN1CCCCC1. The van der Waals surface area contributed by atoms with Crippen LogP contribution in [0, 0.1) is 0 Å². The van der Waals surface area contributed by atoms with Crippen LogP contribution in [0.15, 0.2) is 47.4 Å². The summed E-state index contributed by atoms with van der Waals surface area (Å²) >= 11 is 0. The second-order valence-corrected chi connectivity index (χ2v) is 6.20. The molecule has 5 heteroatoms. The maximum atomic E-state index is 12.0. The molecule has 1 fully saturated rings. The Hall–Kier alpha value is -2.14. The van der Waals surface area contributed by atoms with Crippen LogP contribution in [-0.2, 0) is 0 Å². The number of para-hydroxylation sites is 2. The molecule has 0 unspecified atom stereocenters. The van der Waals surface area contributed by atoms with E-state index in [1.165, 1.54) is 43.1 Å². The topological polar surface area (TPSA) is 47.4 Å². The van der Waals surface area contributed by atoms with E-state index in [1.54, 1.807) is 12.3 Å². The van der Waals surface area contributed by atoms with Gasteiger partial charge in [0.25, 0.3) is 5.56 Å². The third-order valence-corrected chi connectivity index (χ3v) is 4.38. The first-order valence-electron chi connectivity index (χ1n) is 8.83. The molecular weight excluding hydrogens is 302 g/mol.